The molecule has 4 nitrogen and oxygen atoms in total. The summed E-state index contributed by atoms with van der Waals surface area (Å²) in [5.74, 6) is 0.0686. The maximum absolute atomic E-state index is 12.3. The summed E-state index contributed by atoms with van der Waals surface area (Å²) in [4.78, 5) is 17.2. The number of nitrogens with one attached hydrogen (secondary N) is 1. The molecule has 0 spiro atoms. The molecule has 0 bridgehead atoms. The SMILES string of the molecule is O=C(NCCF)[C@H]1CCCN(C2CCN(CCc3ccccc3)CC2)C1. The van der Waals surface area contributed by atoms with Gasteiger partial charge in [0.1, 0.15) is 6.67 Å². The summed E-state index contributed by atoms with van der Waals surface area (Å²) in [6.07, 6.45) is 5.50. The van der Waals surface area contributed by atoms with Gasteiger partial charge in [0.2, 0.25) is 5.91 Å². The molecule has 0 aromatic heterocycles. The molecule has 144 valence electrons. The summed E-state index contributed by atoms with van der Waals surface area (Å²) in [5.41, 5.74) is 1.41. The minimum atomic E-state index is -0.483. The molecule has 2 aliphatic rings. The van der Waals surface area contributed by atoms with Gasteiger partial charge in [-0.05, 0) is 57.3 Å². The standard InChI is InChI=1S/C21H32FN3O/c22-11-12-23-21(26)19-7-4-13-25(17-19)20-9-15-24(16-10-20)14-8-18-5-2-1-3-6-18/h1-3,5-6,19-20H,4,7-17H2,(H,23,26)/t19-/m0/s1. The monoisotopic (exact) mass is 361 g/mol. The molecule has 0 unspecified atom stereocenters. The van der Waals surface area contributed by atoms with E-state index in [0.29, 0.717) is 6.04 Å². The summed E-state index contributed by atoms with van der Waals surface area (Å²) >= 11 is 0. The van der Waals surface area contributed by atoms with E-state index < -0.39 is 6.67 Å². The number of alkyl halides is 1. The number of hydrogen-bond donors (Lipinski definition) is 1. The minimum absolute atomic E-state index is 0.0337. The number of halogens is 1. The average Bonchev–Trinajstić information content (AvgIpc) is 2.71. The van der Waals surface area contributed by atoms with E-state index in [1.165, 1.54) is 18.4 Å². The van der Waals surface area contributed by atoms with Crippen molar-refractivity contribution in [1.82, 2.24) is 15.1 Å². The van der Waals surface area contributed by atoms with Crippen LogP contribution in [0.2, 0.25) is 0 Å². The highest BCUT2D eigenvalue weighted by atomic mass is 19.1. The number of carbonyl (C=O) groups excluding carboxylic acids is 1. The molecule has 2 heterocycles. The lowest BCUT2D eigenvalue weighted by molar-refractivity contribution is -0.127. The molecule has 2 aliphatic heterocycles. The van der Waals surface area contributed by atoms with Crippen LogP contribution in [-0.4, -0.2) is 67.7 Å². The van der Waals surface area contributed by atoms with Gasteiger partial charge < -0.3 is 10.2 Å². The largest absolute Gasteiger partial charge is 0.353 e. The third kappa shape index (κ3) is 5.52. The maximum Gasteiger partial charge on any atom is 0.224 e. The minimum Gasteiger partial charge on any atom is -0.353 e. The Morgan fingerprint density at radius 2 is 1.88 bits per heavy atom. The molecular weight excluding hydrogens is 329 g/mol. The van der Waals surface area contributed by atoms with Crippen LogP contribution in [0.4, 0.5) is 4.39 Å². The summed E-state index contributed by atoms with van der Waals surface area (Å²) in [6.45, 7) is 5.03. The molecule has 1 aromatic carbocycles. The topological polar surface area (TPSA) is 35.6 Å². The van der Waals surface area contributed by atoms with Crippen molar-refractivity contribution < 1.29 is 9.18 Å². The zero-order valence-corrected chi connectivity index (χ0v) is 15.7. The number of amides is 1. The number of piperidine rings is 2. The molecule has 0 aliphatic carbocycles. The zero-order valence-electron chi connectivity index (χ0n) is 15.7. The van der Waals surface area contributed by atoms with Gasteiger partial charge in [-0.3, -0.25) is 9.69 Å². The van der Waals surface area contributed by atoms with E-state index in [4.69, 9.17) is 0 Å². The molecule has 0 saturated carbocycles. The summed E-state index contributed by atoms with van der Waals surface area (Å²) in [6, 6.07) is 11.3. The Hall–Kier alpha value is -1.46. The lowest BCUT2D eigenvalue weighted by Crippen LogP contribution is -2.51. The van der Waals surface area contributed by atoms with Crippen molar-refractivity contribution in [2.45, 2.75) is 38.1 Å². The van der Waals surface area contributed by atoms with E-state index in [2.05, 4.69) is 45.4 Å². The van der Waals surface area contributed by atoms with Gasteiger partial charge in [0.15, 0.2) is 0 Å². The highest BCUT2D eigenvalue weighted by Gasteiger charge is 2.31. The van der Waals surface area contributed by atoms with Gasteiger partial charge >= 0.3 is 0 Å². The number of carbonyl (C=O) groups is 1. The predicted molar refractivity (Wildman–Crippen MR) is 103 cm³/mol. The zero-order chi connectivity index (χ0) is 18.2. The maximum atomic E-state index is 12.3. The van der Waals surface area contributed by atoms with Gasteiger partial charge in [-0.2, -0.15) is 0 Å². The van der Waals surface area contributed by atoms with Gasteiger partial charge in [0, 0.05) is 25.7 Å². The summed E-state index contributed by atoms with van der Waals surface area (Å²) in [5, 5.41) is 2.72. The van der Waals surface area contributed by atoms with Crippen molar-refractivity contribution in [2.75, 3.05) is 45.9 Å². The highest BCUT2D eigenvalue weighted by molar-refractivity contribution is 5.78. The molecule has 1 amide bonds. The fourth-order valence-corrected chi connectivity index (χ4v) is 4.31. The third-order valence-electron chi connectivity index (χ3n) is 5.85. The highest BCUT2D eigenvalue weighted by Crippen LogP contribution is 2.24. The lowest BCUT2D eigenvalue weighted by Gasteiger charge is -2.42. The first-order valence-electron chi connectivity index (χ1n) is 10.1. The van der Waals surface area contributed by atoms with Crippen molar-refractivity contribution in [1.29, 1.82) is 0 Å². The molecule has 2 saturated heterocycles. The Bertz CT molecular complexity index is 545. The Morgan fingerprint density at radius 1 is 1.12 bits per heavy atom. The van der Waals surface area contributed by atoms with E-state index in [9.17, 15) is 9.18 Å². The van der Waals surface area contributed by atoms with Crippen molar-refractivity contribution in [3.05, 3.63) is 35.9 Å². The van der Waals surface area contributed by atoms with Crippen molar-refractivity contribution >= 4 is 5.91 Å². The third-order valence-corrected chi connectivity index (χ3v) is 5.85. The van der Waals surface area contributed by atoms with Crippen LogP contribution in [-0.2, 0) is 11.2 Å². The second-order valence-electron chi connectivity index (χ2n) is 7.62. The number of rotatable bonds is 7. The van der Waals surface area contributed by atoms with Crippen LogP contribution in [0.1, 0.15) is 31.2 Å². The van der Waals surface area contributed by atoms with E-state index in [1.54, 1.807) is 0 Å². The second kappa shape index (κ2) is 10.0. The molecule has 1 atom stereocenters. The second-order valence-corrected chi connectivity index (χ2v) is 7.62. The van der Waals surface area contributed by atoms with Gasteiger partial charge in [0.25, 0.3) is 0 Å². The average molecular weight is 362 g/mol. The van der Waals surface area contributed by atoms with Gasteiger partial charge in [-0.1, -0.05) is 30.3 Å². The van der Waals surface area contributed by atoms with Crippen LogP contribution in [0.15, 0.2) is 30.3 Å². The molecule has 2 fully saturated rings. The van der Waals surface area contributed by atoms with E-state index in [-0.39, 0.29) is 18.4 Å². The number of nitrogens with zero attached hydrogens (tertiary/aromatic N) is 2. The smallest absolute Gasteiger partial charge is 0.224 e. The lowest BCUT2D eigenvalue weighted by atomic mass is 9.93. The Balaban J connectivity index is 1.40. The first-order chi connectivity index (χ1) is 12.8. The molecule has 0 radical (unpaired) electrons. The van der Waals surface area contributed by atoms with Crippen LogP contribution in [0.3, 0.4) is 0 Å². The van der Waals surface area contributed by atoms with Crippen LogP contribution in [0.25, 0.3) is 0 Å². The Labute approximate surface area is 156 Å². The van der Waals surface area contributed by atoms with Crippen LogP contribution < -0.4 is 5.32 Å². The first-order valence-corrected chi connectivity index (χ1v) is 10.1. The van der Waals surface area contributed by atoms with E-state index in [1.807, 2.05) is 0 Å². The Morgan fingerprint density at radius 3 is 2.62 bits per heavy atom. The van der Waals surface area contributed by atoms with Gasteiger partial charge in [-0.25, -0.2) is 4.39 Å². The van der Waals surface area contributed by atoms with Crippen LogP contribution in [0.5, 0.6) is 0 Å². The van der Waals surface area contributed by atoms with Crippen molar-refractivity contribution in [3.63, 3.8) is 0 Å². The molecule has 26 heavy (non-hydrogen) atoms. The number of hydrogen-bond acceptors (Lipinski definition) is 3. The predicted octanol–water partition coefficient (Wildman–Crippen LogP) is 2.49. The van der Waals surface area contributed by atoms with E-state index >= 15 is 0 Å². The van der Waals surface area contributed by atoms with Crippen molar-refractivity contribution in [2.24, 2.45) is 5.92 Å². The quantitative estimate of drug-likeness (QED) is 0.810. The van der Waals surface area contributed by atoms with Crippen LogP contribution >= 0.6 is 0 Å². The molecule has 1 aromatic rings. The molecular formula is C21H32FN3O. The van der Waals surface area contributed by atoms with Crippen LogP contribution in [0, 0.1) is 5.92 Å². The number of likely N-dealkylation sites (tertiary alicyclic amines) is 2. The molecule has 1 N–H and O–H groups in total. The van der Waals surface area contributed by atoms with E-state index in [0.717, 1.165) is 52.0 Å². The fourth-order valence-electron chi connectivity index (χ4n) is 4.31. The summed E-state index contributed by atoms with van der Waals surface area (Å²) in [7, 11) is 0. The molecule has 5 heteroatoms. The molecule has 3 rings (SSSR count). The summed E-state index contributed by atoms with van der Waals surface area (Å²) < 4.78 is 12.3. The first kappa shape index (κ1) is 19.3. The Kier molecular flexibility index (Phi) is 7.44. The number of benzene rings is 1. The fraction of sp³-hybridized carbons (Fsp3) is 0.667. The van der Waals surface area contributed by atoms with Gasteiger partial charge in [0.05, 0.1) is 5.92 Å². The van der Waals surface area contributed by atoms with Gasteiger partial charge in [-0.15, -0.1) is 0 Å². The van der Waals surface area contributed by atoms with Crippen molar-refractivity contribution in [3.8, 4) is 0 Å². The normalized spacial score (nSPS) is 23.0.